The van der Waals surface area contributed by atoms with Gasteiger partial charge in [0.15, 0.2) is 5.13 Å². The van der Waals surface area contributed by atoms with E-state index < -0.39 is 10.0 Å². The molecule has 8 heteroatoms. The molecule has 0 aliphatic carbocycles. The van der Waals surface area contributed by atoms with Crippen molar-refractivity contribution in [2.45, 2.75) is 24.7 Å². The van der Waals surface area contributed by atoms with Crippen LogP contribution in [0.1, 0.15) is 17.7 Å². The van der Waals surface area contributed by atoms with Crippen LogP contribution >= 0.6 is 11.3 Å². The van der Waals surface area contributed by atoms with E-state index in [2.05, 4.69) is 9.71 Å². The van der Waals surface area contributed by atoms with E-state index in [-0.39, 0.29) is 4.90 Å². The van der Waals surface area contributed by atoms with Gasteiger partial charge >= 0.3 is 0 Å². The van der Waals surface area contributed by atoms with Gasteiger partial charge in [0.2, 0.25) is 0 Å². The van der Waals surface area contributed by atoms with E-state index in [1.54, 1.807) is 18.4 Å². The van der Waals surface area contributed by atoms with Gasteiger partial charge in [0.1, 0.15) is 10.6 Å². The number of aryl methyl sites for hydroxylation is 2. The minimum Gasteiger partial charge on any atom is -0.492 e. The van der Waals surface area contributed by atoms with E-state index in [1.807, 2.05) is 0 Å². The van der Waals surface area contributed by atoms with Gasteiger partial charge in [-0.1, -0.05) is 0 Å². The lowest BCUT2D eigenvalue weighted by Gasteiger charge is -2.21. The Kier molecular flexibility index (Phi) is 3.50. The standard InChI is InChI=1S/C13H15N3O3S2/c1-8-7-20-13(15-8)16-21(17,18)11-6-10(14)5-9-3-2-4-19-12(9)11/h5-7H,2-4,14H2,1H3,(H,15,16). The van der Waals surface area contributed by atoms with Crippen molar-refractivity contribution >= 4 is 32.2 Å². The fourth-order valence-electron chi connectivity index (χ4n) is 2.24. The molecule has 0 bridgehead atoms. The van der Waals surface area contributed by atoms with Gasteiger partial charge in [-0.15, -0.1) is 11.3 Å². The van der Waals surface area contributed by atoms with E-state index >= 15 is 0 Å². The Morgan fingerprint density at radius 1 is 1.43 bits per heavy atom. The lowest BCUT2D eigenvalue weighted by molar-refractivity contribution is 0.280. The van der Waals surface area contributed by atoms with E-state index in [1.165, 1.54) is 17.4 Å². The normalized spacial score (nSPS) is 14.3. The summed E-state index contributed by atoms with van der Waals surface area (Å²) in [5.74, 6) is 0.399. The summed E-state index contributed by atoms with van der Waals surface area (Å²) in [7, 11) is -3.77. The summed E-state index contributed by atoms with van der Waals surface area (Å²) in [6.45, 7) is 2.32. The van der Waals surface area contributed by atoms with Gasteiger partial charge in [-0.2, -0.15) is 0 Å². The average Bonchev–Trinajstić information content (AvgIpc) is 2.82. The quantitative estimate of drug-likeness (QED) is 0.843. The third kappa shape index (κ3) is 2.81. The van der Waals surface area contributed by atoms with Crippen molar-refractivity contribution in [2.75, 3.05) is 17.1 Å². The van der Waals surface area contributed by atoms with Crippen molar-refractivity contribution in [1.82, 2.24) is 4.98 Å². The molecular formula is C13H15N3O3S2. The number of nitrogen functional groups attached to an aromatic ring is 1. The first kappa shape index (κ1) is 14.2. The van der Waals surface area contributed by atoms with Crippen LogP contribution in [0.2, 0.25) is 0 Å². The fourth-order valence-corrected chi connectivity index (χ4v) is 4.40. The molecule has 1 aliphatic rings. The number of hydrogen-bond acceptors (Lipinski definition) is 6. The molecule has 21 heavy (non-hydrogen) atoms. The molecule has 0 spiro atoms. The molecule has 6 nitrogen and oxygen atoms in total. The molecule has 0 saturated heterocycles. The maximum atomic E-state index is 12.6. The summed E-state index contributed by atoms with van der Waals surface area (Å²) in [6.07, 6.45) is 1.62. The highest BCUT2D eigenvalue weighted by atomic mass is 32.2. The van der Waals surface area contributed by atoms with Crippen LogP contribution in [0.3, 0.4) is 0 Å². The van der Waals surface area contributed by atoms with Crippen LogP contribution in [0.5, 0.6) is 5.75 Å². The molecule has 112 valence electrons. The van der Waals surface area contributed by atoms with Gasteiger partial charge in [0, 0.05) is 11.1 Å². The number of benzene rings is 1. The average molecular weight is 325 g/mol. The lowest BCUT2D eigenvalue weighted by atomic mass is 10.1. The Morgan fingerprint density at radius 2 is 2.24 bits per heavy atom. The van der Waals surface area contributed by atoms with E-state index in [9.17, 15) is 8.42 Å². The molecule has 2 aromatic rings. The molecule has 3 rings (SSSR count). The SMILES string of the molecule is Cc1csc(NS(=O)(=O)c2cc(N)cc3c2OCCC3)n1. The third-order valence-electron chi connectivity index (χ3n) is 3.12. The molecular weight excluding hydrogens is 310 g/mol. The van der Waals surface area contributed by atoms with Gasteiger partial charge in [-0.05, 0) is 37.5 Å². The lowest BCUT2D eigenvalue weighted by Crippen LogP contribution is -2.18. The van der Waals surface area contributed by atoms with Crippen molar-refractivity contribution < 1.29 is 13.2 Å². The largest absolute Gasteiger partial charge is 0.492 e. The molecule has 1 aromatic heterocycles. The first-order valence-electron chi connectivity index (χ1n) is 6.46. The smallest absolute Gasteiger partial charge is 0.267 e. The summed E-state index contributed by atoms with van der Waals surface area (Å²) in [5, 5.41) is 2.11. The van der Waals surface area contributed by atoms with Crippen molar-refractivity contribution in [3.63, 3.8) is 0 Å². The Bertz CT molecular complexity index is 784. The van der Waals surface area contributed by atoms with Crippen LogP contribution < -0.4 is 15.2 Å². The molecule has 1 aromatic carbocycles. The number of hydrogen-bond donors (Lipinski definition) is 2. The number of fused-ring (bicyclic) bond motifs is 1. The summed E-state index contributed by atoms with van der Waals surface area (Å²) in [5.41, 5.74) is 7.83. The molecule has 1 aliphatic heterocycles. The predicted molar refractivity (Wildman–Crippen MR) is 82.3 cm³/mol. The van der Waals surface area contributed by atoms with E-state index in [0.717, 1.165) is 24.1 Å². The van der Waals surface area contributed by atoms with Crippen LogP contribution in [-0.4, -0.2) is 20.0 Å². The number of thiazole rings is 1. The van der Waals surface area contributed by atoms with Crippen molar-refractivity contribution in [3.8, 4) is 5.75 Å². The zero-order valence-electron chi connectivity index (χ0n) is 11.4. The van der Waals surface area contributed by atoms with Crippen LogP contribution in [0.25, 0.3) is 0 Å². The van der Waals surface area contributed by atoms with Crippen molar-refractivity contribution in [1.29, 1.82) is 0 Å². The highest BCUT2D eigenvalue weighted by molar-refractivity contribution is 7.93. The zero-order valence-corrected chi connectivity index (χ0v) is 13.1. The predicted octanol–water partition coefficient (Wildman–Crippen LogP) is 2.16. The molecule has 0 atom stereocenters. The minimum absolute atomic E-state index is 0.0741. The fraction of sp³-hybridized carbons (Fsp3) is 0.308. The molecule has 0 fully saturated rings. The van der Waals surface area contributed by atoms with Crippen molar-refractivity contribution in [3.05, 3.63) is 28.8 Å². The molecule has 2 heterocycles. The Morgan fingerprint density at radius 3 is 2.95 bits per heavy atom. The van der Waals surface area contributed by atoms with Gasteiger partial charge in [-0.3, -0.25) is 4.72 Å². The number of nitrogens with zero attached hydrogens (tertiary/aromatic N) is 1. The topological polar surface area (TPSA) is 94.3 Å². The number of anilines is 2. The highest BCUT2D eigenvalue weighted by Gasteiger charge is 2.26. The molecule has 0 unspecified atom stereocenters. The molecule has 0 radical (unpaired) electrons. The van der Waals surface area contributed by atoms with Crippen LogP contribution in [0, 0.1) is 6.92 Å². The first-order valence-corrected chi connectivity index (χ1v) is 8.82. The highest BCUT2D eigenvalue weighted by Crippen LogP contribution is 2.35. The third-order valence-corrected chi connectivity index (χ3v) is 5.47. The monoisotopic (exact) mass is 325 g/mol. The van der Waals surface area contributed by atoms with Gasteiger partial charge in [0.05, 0.1) is 12.3 Å². The maximum Gasteiger partial charge on any atom is 0.267 e. The number of aromatic nitrogens is 1. The molecule has 0 amide bonds. The summed E-state index contributed by atoms with van der Waals surface area (Å²) in [4.78, 5) is 4.19. The van der Waals surface area contributed by atoms with E-state index in [0.29, 0.717) is 23.2 Å². The minimum atomic E-state index is -3.77. The molecule has 0 saturated carbocycles. The Hall–Kier alpha value is -1.80. The second-order valence-corrected chi connectivity index (χ2v) is 7.37. The summed E-state index contributed by atoms with van der Waals surface area (Å²) in [6, 6.07) is 3.19. The number of nitrogens with two attached hydrogens (primary N) is 1. The van der Waals surface area contributed by atoms with Gasteiger partial charge < -0.3 is 10.5 Å². The van der Waals surface area contributed by atoms with E-state index in [4.69, 9.17) is 10.5 Å². The second-order valence-electron chi connectivity index (χ2n) is 4.86. The van der Waals surface area contributed by atoms with Crippen LogP contribution in [-0.2, 0) is 16.4 Å². The van der Waals surface area contributed by atoms with Crippen LogP contribution in [0.15, 0.2) is 22.4 Å². The molecule has 3 N–H and O–H groups in total. The summed E-state index contributed by atoms with van der Waals surface area (Å²) >= 11 is 1.24. The van der Waals surface area contributed by atoms with Crippen LogP contribution in [0.4, 0.5) is 10.8 Å². The van der Waals surface area contributed by atoms with Crippen molar-refractivity contribution in [2.24, 2.45) is 0 Å². The summed E-state index contributed by atoms with van der Waals surface area (Å²) < 4.78 is 33.1. The second kappa shape index (κ2) is 5.19. The number of sulfonamides is 1. The number of ether oxygens (including phenoxy) is 1. The zero-order chi connectivity index (χ0) is 15.0. The number of rotatable bonds is 3. The Balaban J connectivity index is 2.04. The van der Waals surface area contributed by atoms with Gasteiger partial charge in [-0.25, -0.2) is 13.4 Å². The van der Waals surface area contributed by atoms with Gasteiger partial charge in [0.25, 0.3) is 10.0 Å². The number of nitrogens with one attached hydrogen (secondary N) is 1. The maximum absolute atomic E-state index is 12.6. The Labute approximate surface area is 127 Å². The first-order chi connectivity index (χ1) is 9.95.